The fourth-order valence-electron chi connectivity index (χ4n) is 4.18. The Bertz CT molecular complexity index is 1660. The zero-order valence-corrected chi connectivity index (χ0v) is 17.7. The van der Waals surface area contributed by atoms with Crippen LogP contribution in [0.15, 0.2) is 89.9 Å². The van der Waals surface area contributed by atoms with Crippen molar-refractivity contribution >= 4 is 21.8 Å². The summed E-state index contributed by atoms with van der Waals surface area (Å²) in [6.07, 6.45) is 1.92. The number of hydrogen-bond acceptors (Lipinski definition) is 4. The van der Waals surface area contributed by atoms with E-state index in [2.05, 4.69) is 15.2 Å². The fraction of sp³-hybridized carbons (Fsp3) is 0.0385. The lowest BCUT2D eigenvalue weighted by molar-refractivity contribution is 0.415. The molecule has 0 aliphatic rings. The van der Waals surface area contributed by atoms with E-state index in [-0.39, 0.29) is 5.56 Å². The predicted molar refractivity (Wildman–Crippen MR) is 129 cm³/mol. The van der Waals surface area contributed by atoms with E-state index >= 15 is 0 Å². The topological polar surface area (TPSA) is 88.6 Å². The highest BCUT2D eigenvalue weighted by molar-refractivity contribution is 6.08. The van der Waals surface area contributed by atoms with Gasteiger partial charge in [0.2, 0.25) is 0 Å². The van der Waals surface area contributed by atoms with Crippen molar-refractivity contribution in [3.8, 4) is 34.0 Å². The van der Waals surface area contributed by atoms with Crippen LogP contribution in [0, 0.1) is 0 Å². The number of aromatic nitrogens is 5. The Kier molecular flexibility index (Phi) is 4.33. The Morgan fingerprint density at radius 1 is 0.909 bits per heavy atom. The Hall–Kier alpha value is -4.65. The molecular weight excluding hydrogens is 414 g/mol. The summed E-state index contributed by atoms with van der Waals surface area (Å²) < 4.78 is 7.12. The molecule has 0 amide bonds. The highest BCUT2D eigenvalue weighted by atomic mass is 16.5. The first kappa shape index (κ1) is 19.1. The molecule has 0 atom stereocenters. The molecule has 3 heterocycles. The lowest BCUT2D eigenvalue weighted by Crippen LogP contribution is -2.06. The van der Waals surface area contributed by atoms with Crippen LogP contribution in [0.3, 0.4) is 0 Å². The maximum atomic E-state index is 13.2. The predicted octanol–water partition coefficient (Wildman–Crippen LogP) is 4.93. The highest BCUT2D eigenvalue weighted by Crippen LogP contribution is 2.35. The van der Waals surface area contributed by atoms with Crippen LogP contribution in [0.4, 0.5) is 0 Å². The minimum atomic E-state index is -0.221. The molecule has 160 valence electrons. The number of H-pyrrole nitrogens is 2. The summed E-state index contributed by atoms with van der Waals surface area (Å²) in [6.45, 7) is 0. The summed E-state index contributed by atoms with van der Waals surface area (Å²) in [4.78, 5) is 16.2. The van der Waals surface area contributed by atoms with E-state index in [9.17, 15) is 4.79 Å². The summed E-state index contributed by atoms with van der Waals surface area (Å²) in [5, 5.41) is 13.9. The first-order valence-electron chi connectivity index (χ1n) is 10.5. The van der Waals surface area contributed by atoms with Crippen LogP contribution in [-0.2, 0) is 0 Å². The van der Waals surface area contributed by atoms with Crippen LogP contribution in [0.25, 0.3) is 50.0 Å². The van der Waals surface area contributed by atoms with Gasteiger partial charge in [0.15, 0.2) is 0 Å². The van der Waals surface area contributed by atoms with Crippen molar-refractivity contribution in [3.63, 3.8) is 0 Å². The second kappa shape index (κ2) is 7.49. The van der Waals surface area contributed by atoms with Gasteiger partial charge in [-0.25, -0.2) is 4.68 Å². The third-order valence-electron chi connectivity index (χ3n) is 5.77. The van der Waals surface area contributed by atoms with Gasteiger partial charge in [-0.3, -0.25) is 9.89 Å². The number of benzene rings is 3. The van der Waals surface area contributed by atoms with Gasteiger partial charge in [0, 0.05) is 28.8 Å². The van der Waals surface area contributed by atoms with Crippen LogP contribution in [0.2, 0.25) is 0 Å². The van der Waals surface area contributed by atoms with Gasteiger partial charge in [0.25, 0.3) is 5.56 Å². The van der Waals surface area contributed by atoms with Gasteiger partial charge < -0.3 is 9.72 Å². The molecule has 6 rings (SSSR count). The summed E-state index contributed by atoms with van der Waals surface area (Å²) in [6, 6.07) is 25.4. The van der Waals surface area contributed by atoms with Crippen LogP contribution >= 0.6 is 0 Å². The molecule has 3 aromatic heterocycles. The van der Waals surface area contributed by atoms with Gasteiger partial charge in [-0.15, -0.1) is 0 Å². The second-order valence-corrected chi connectivity index (χ2v) is 7.73. The SMILES string of the molecule is COc1ccc2c(c1)[nH]c(=O)c1c(-c3cn(-c4ccccc4)nc3-c3ccccc3)n[nH]c12. The van der Waals surface area contributed by atoms with Crippen molar-refractivity contribution in [2.75, 3.05) is 7.11 Å². The minimum Gasteiger partial charge on any atom is -0.497 e. The number of pyridine rings is 1. The number of para-hydroxylation sites is 1. The minimum absolute atomic E-state index is 0.221. The maximum absolute atomic E-state index is 13.2. The molecule has 7 nitrogen and oxygen atoms in total. The highest BCUT2D eigenvalue weighted by Gasteiger charge is 2.21. The van der Waals surface area contributed by atoms with E-state index in [1.165, 1.54) is 0 Å². The Labute approximate surface area is 188 Å². The van der Waals surface area contributed by atoms with Crippen molar-refractivity contribution in [1.82, 2.24) is 25.0 Å². The van der Waals surface area contributed by atoms with Crippen molar-refractivity contribution in [3.05, 3.63) is 95.4 Å². The zero-order valence-electron chi connectivity index (χ0n) is 17.7. The Morgan fingerprint density at radius 2 is 1.67 bits per heavy atom. The van der Waals surface area contributed by atoms with E-state index in [1.807, 2.05) is 83.7 Å². The van der Waals surface area contributed by atoms with Gasteiger partial charge in [-0.1, -0.05) is 48.5 Å². The largest absolute Gasteiger partial charge is 0.497 e. The van der Waals surface area contributed by atoms with Crippen LogP contribution in [0.1, 0.15) is 0 Å². The van der Waals surface area contributed by atoms with Gasteiger partial charge in [0.1, 0.15) is 17.1 Å². The lowest BCUT2D eigenvalue weighted by Gasteiger charge is -2.04. The first-order valence-corrected chi connectivity index (χ1v) is 10.5. The molecule has 0 radical (unpaired) electrons. The molecule has 3 aromatic carbocycles. The molecule has 2 N–H and O–H groups in total. The number of fused-ring (bicyclic) bond motifs is 3. The molecule has 0 saturated carbocycles. The number of aromatic amines is 2. The van der Waals surface area contributed by atoms with Crippen LogP contribution in [0.5, 0.6) is 5.75 Å². The monoisotopic (exact) mass is 433 g/mol. The third kappa shape index (κ3) is 3.10. The molecule has 33 heavy (non-hydrogen) atoms. The van der Waals surface area contributed by atoms with E-state index in [1.54, 1.807) is 13.2 Å². The third-order valence-corrected chi connectivity index (χ3v) is 5.77. The van der Waals surface area contributed by atoms with Crippen molar-refractivity contribution in [1.29, 1.82) is 0 Å². The summed E-state index contributed by atoms with van der Waals surface area (Å²) in [5.41, 5.74) is 5.10. The van der Waals surface area contributed by atoms with Gasteiger partial charge in [0.05, 0.1) is 29.2 Å². The number of methoxy groups -OCH3 is 1. The molecule has 0 bridgehead atoms. The molecule has 0 aliphatic heterocycles. The van der Waals surface area contributed by atoms with Crippen molar-refractivity contribution < 1.29 is 4.74 Å². The quantitative estimate of drug-likeness (QED) is 0.412. The Balaban J connectivity index is 1.63. The number of rotatable bonds is 4. The average Bonchev–Trinajstić information content (AvgIpc) is 3.50. The van der Waals surface area contributed by atoms with E-state index in [0.29, 0.717) is 27.9 Å². The Morgan fingerprint density at radius 3 is 2.42 bits per heavy atom. The fourth-order valence-corrected chi connectivity index (χ4v) is 4.18. The zero-order chi connectivity index (χ0) is 22.4. The molecule has 0 saturated heterocycles. The van der Waals surface area contributed by atoms with Crippen LogP contribution in [-0.4, -0.2) is 32.1 Å². The number of nitrogens with zero attached hydrogens (tertiary/aromatic N) is 3. The summed E-state index contributed by atoms with van der Waals surface area (Å²) in [5.74, 6) is 0.674. The molecule has 0 unspecified atom stereocenters. The molecule has 0 fully saturated rings. The normalized spacial score (nSPS) is 11.3. The smallest absolute Gasteiger partial charge is 0.260 e. The standard InChI is InChI=1S/C26H19N5O2/c1-33-18-12-13-19-21(14-18)27-26(32)22-24(19)28-29-25(22)20-15-31(17-10-6-3-7-11-17)30-23(20)16-8-4-2-5-9-16/h2-15H,1H3,(H,27,32)(H,28,29). The average molecular weight is 433 g/mol. The van der Waals surface area contributed by atoms with Gasteiger partial charge in [-0.05, 0) is 24.3 Å². The summed E-state index contributed by atoms with van der Waals surface area (Å²) in [7, 11) is 1.60. The van der Waals surface area contributed by atoms with Crippen molar-refractivity contribution in [2.45, 2.75) is 0 Å². The van der Waals surface area contributed by atoms with Gasteiger partial charge >= 0.3 is 0 Å². The van der Waals surface area contributed by atoms with Crippen molar-refractivity contribution in [2.24, 2.45) is 0 Å². The summed E-state index contributed by atoms with van der Waals surface area (Å²) >= 11 is 0. The molecule has 0 aliphatic carbocycles. The number of nitrogens with one attached hydrogen (secondary N) is 2. The molecular formula is C26H19N5O2. The molecule has 7 heteroatoms. The molecule has 0 spiro atoms. The molecule has 6 aromatic rings. The van der Waals surface area contributed by atoms with Crippen LogP contribution < -0.4 is 10.3 Å². The lowest BCUT2D eigenvalue weighted by atomic mass is 10.0. The maximum Gasteiger partial charge on any atom is 0.260 e. The van der Waals surface area contributed by atoms with E-state index in [4.69, 9.17) is 9.84 Å². The number of hydrogen-bond donors (Lipinski definition) is 2. The second-order valence-electron chi connectivity index (χ2n) is 7.73. The van der Waals surface area contributed by atoms with E-state index in [0.717, 1.165) is 27.9 Å². The van der Waals surface area contributed by atoms with Gasteiger partial charge in [-0.2, -0.15) is 10.2 Å². The first-order chi connectivity index (χ1) is 16.2. The number of ether oxygens (including phenoxy) is 1. The van der Waals surface area contributed by atoms with E-state index < -0.39 is 0 Å².